The molecule has 0 heterocycles. The Hall–Kier alpha value is -6.16. The molecular weight excluding hydrogens is 612 g/mol. The Morgan fingerprint density at radius 2 is 0.938 bits per heavy atom. The zero-order chi connectivity index (χ0) is 34.5. The van der Waals surface area contributed by atoms with E-state index >= 15 is 0 Å². The van der Waals surface area contributed by atoms with Crippen LogP contribution in [-0.2, 0) is 31.9 Å². The fraction of sp³-hybridized carbons (Fsp3) is 0.158. The number of hydrogen-bond donors (Lipinski definition) is 4. The third-order valence-corrected chi connectivity index (χ3v) is 7.69. The SMILES string of the molecule is C=C(C)C(=O)OCCc1ccc(Nc2ccc(Nc3ccc(CCOC(=O)C(=C)C)cc3)c3c2C(=O)c2c(O)ccc(O)c2C3=O)cc1. The number of ketones is 2. The topological polar surface area (TPSA) is 151 Å². The van der Waals surface area contributed by atoms with Crippen LogP contribution in [0.1, 0.15) is 56.8 Å². The molecular formula is C38H34N2O8. The summed E-state index contributed by atoms with van der Waals surface area (Å²) in [4.78, 5) is 51.2. The lowest BCUT2D eigenvalue weighted by atomic mass is 9.81. The number of phenols is 2. The number of ether oxygens (including phenoxy) is 2. The predicted octanol–water partition coefficient (Wildman–Crippen LogP) is 6.68. The second kappa shape index (κ2) is 14.1. The lowest BCUT2D eigenvalue weighted by Gasteiger charge is -2.25. The molecule has 4 aromatic carbocycles. The average Bonchev–Trinajstić information content (AvgIpc) is 3.06. The van der Waals surface area contributed by atoms with Gasteiger partial charge in [0.1, 0.15) is 11.5 Å². The summed E-state index contributed by atoms with van der Waals surface area (Å²) in [5, 5.41) is 27.6. The molecule has 0 saturated carbocycles. The van der Waals surface area contributed by atoms with Crippen molar-refractivity contribution in [2.24, 2.45) is 0 Å². The second-order valence-corrected chi connectivity index (χ2v) is 11.4. The lowest BCUT2D eigenvalue weighted by Crippen LogP contribution is -2.24. The number of fused-ring (bicyclic) bond motifs is 2. The van der Waals surface area contributed by atoms with Crippen molar-refractivity contribution in [1.29, 1.82) is 0 Å². The first-order chi connectivity index (χ1) is 22.9. The average molecular weight is 647 g/mol. The molecule has 5 rings (SSSR count). The molecule has 10 heteroatoms. The Kier molecular flexibility index (Phi) is 9.75. The molecule has 0 radical (unpaired) electrons. The highest BCUT2D eigenvalue weighted by Crippen LogP contribution is 2.43. The normalized spacial score (nSPS) is 11.6. The zero-order valence-electron chi connectivity index (χ0n) is 26.5. The van der Waals surface area contributed by atoms with Gasteiger partial charge in [-0.05, 0) is 73.5 Å². The number of aromatic hydroxyl groups is 2. The first-order valence-corrected chi connectivity index (χ1v) is 15.1. The van der Waals surface area contributed by atoms with Crippen molar-refractivity contribution < 1.29 is 38.9 Å². The second-order valence-electron chi connectivity index (χ2n) is 11.4. The summed E-state index contributed by atoms with van der Waals surface area (Å²) < 4.78 is 10.3. The molecule has 0 fully saturated rings. The number of nitrogens with one attached hydrogen (secondary N) is 2. The minimum Gasteiger partial charge on any atom is -0.507 e. The quantitative estimate of drug-likeness (QED) is 0.0656. The molecule has 0 saturated heterocycles. The van der Waals surface area contributed by atoms with Crippen molar-refractivity contribution >= 4 is 46.3 Å². The minimum atomic E-state index is -0.630. The van der Waals surface area contributed by atoms with Gasteiger partial charge in [-0.3, -0.25) is 9.59 Å². The largest absolute Gasteiger partial charge is 0.507 e. The van der Waals surface area contributed by atoms with Crippen LogP contribution in [0.4, 0.5) is 22.7 Å². The van der Waals surface area contributed by atoms with Crippen molar-refractivity contribution in [3.05, 3.63) is 130 Å². The van der Waals surface area contributed by atoms with Gasteiger partial charge in [0.2, 0.25) is 11.6 Å². The lowest BCUT2D eigenvalue weighted by molar-refractivity contribution is -0.139. The summed E-state index contributed by atoms with van der Waals surface area (Å²) >= 11 is 0. The van der Waals surface area contributed by atoms with E-state index in [2.05, 4.69) is 23.8 Å². The zero-order valence-corrected chi connectivity index (χ0v) is 26.5. The molecule has 0 aliphatic heterocycles. The fourth-order valence-corrected chi connectivity index (χ4v) is 5.16. The monoisotopic (exact) mass is 646 g/mol. The minimum absolute atomic E-state index is 0.0325. The highest BCUT2D eigenvalue weighted by atomic mass is 16.5. The van der Waals surface area contributed by atoms with Crippen molar-refractivity contribution in [2.45, 2.75) is 26.7 Å². The third kappa shape index (κ3) is 7.13. The molecule has 4 N–H and O–H groups in total. The maximum atomic E-state index is 14.0. The van der Waals surface area contributed by atoms with Crippen LogP contribution in [-0.4, -0.2) is 46.9 Å². The third-order valence-electron chi connectivity index (χ3n) is 7.69. The van der Waals surface area contributed by atoms with Crippen molar-refractivity contribution in [3.63, 3.8) is 0 Å². The summed E-state index contributed by atoms with van der Waals surface area (Å²) in [7, 11) is 0. The number of phenolic OH excluding ortho intramolecular Hbond substituents is 2. The molecule has 0 spiro atoms. The number of esters is 2. The van der Waals surface area contributed by atoms with E-state index in [1.807, 2.05) is 24.3 Å². The van der Waals surface area contributed by atoms with Crippen LogP contribution in [0.15, 0.2) is 97.1 Å². The van der Waals surface area contributed by atoms with Gasteiger partial charge in [-0.25, -0.2) is 9.59 Å². The molecule has 0 aromatic heterocycles. The Balaban J connectivity index is 1.42. The van der Waals surface area contributed by atoms with Crippen molar-refractivity contribution in [3.8, 4) is 11.5 Å². The number of benzene rings is 4. The summed E-state index contributed by atoms with van der Waals surface area (Å²) in [6, 6.07) is 20.2. The smallest absolute Gasteiger partial charge is 0.333 e. The Morgan fingerprint density at radius 1 is 0.583 bits per heavy atom. The standard InChI is InChI=1S/C38H34N2O8/c1-21(2)37(45)47-19-17-23-5-9-25(10-6-23)39-27-13-14-28(40-26-11-7-24(8-12-26)18-20-48-38(46)22(3)4)32-31(27)35(43)33-29(41)15-16-30(42)34(33)36(32)44/h5-16,39-42H,1,3,17-20H2,2,4H3. The van der Waals surface area contributed by atoms with E-state index in [0.29, 0.717) is 46.7 Å². The number of carbonyl (C=O) groups excluding carboxylic acids is 4. The summed E-state index contributed by atoms with van der Waals surface area (Å²) in [5.74, 6) is -3.00. The van der Waals surface area contributed by atoms with Gasteiger partial charge in [0.25, 0.3) is 0 Å². The molecule has 0 amide bonds. The van der Waals surface area contributed by atoms with Gasteiger partial charge in [-0.15, -0.1) is 0 Å². The Bertz CT molecular complexity index is 1820. The van der Waals surface area contributed by atoms with E-state index in [-0.39, 0.29) is 35.5 Å². The van der Waals surface area contributed by atoms with Crippen LogP contribution in [0.3, 0.4) is 0 Å². The predicted molar refractivity (Wildman–Crippen MR) is 181 cm³/mol. The van der Waals surface area contributed by atoms with E-state index in [0.717, 1.165) is 11.1 Å². The van der Waals surface area contributed by atoms with Gasteiger partial charge in [0, 0.05) is 35.4 Å². The van der Waals surface area contributed by atoms with Gasteiger partial charge in [-0.1, -0.05) is 37.4 Å². The molecule has 0 unspecified atom stereocenters. The molecule has 4 aromatic rings. The fourth-order valence-electron chi connectivity index (χ4n) is 5.16. The summed E-state index contributed by atoms with van der Waals surface area (Å²) in [6.45, 7) is 10.7. The molecule has 1 aliphatic carbocycles. The molecule has 244 valence electrons. The summed E-state index contributed by atoms with van der Waals surface area (Å²) in [5.41, 5.74) is 3.89. The number of anilines is 4. The van der Waals surface area contributed by atoms with E-state index in [9.17, 15) is 29.4 Å². The van der Waals surface area contributed by atoms with E-state index in [1.54, 1.807) is 50.2 Å². The van der Waals surface area contributed by atoms with Crippen LogP contribution in [0, 0.1) is 0 Å². The first-order valence-electron chi connectivity index (χ1n) is 15.1. The number of hydrogen-bond acceptors (Lipinski definition) is 10. The van der Waals surface area contributed by atoms with Crippen LogP contribution in [0.2, 0.25) is 0 Å². The van der Waals surface area contributed by atoms with Gasteiger partial charge in [0.15, 0.2) is 0 Å². The maximum absolute atomic E-state index is 14.0. The molecule has 10 nitrogen and oxygen atoms in total. The van der Waals surface area contributed by atoms with Gasteiger partial charge < -0.3 is 30.3 Å². The van der Waals surface area contributed by atoms with Crippen LogP contribution in [0.5, 0.6) is 11.5 Å². The van der Waals surface area contributed by atoms with E-state index < -0.39 is 35.0 Å². The highest BCUT2D eigenvalue weighted by Gasteiger charge is 2.38. The first kappa shape index (κ1) is 33.2. The number of carbonyl (C=O) groups is 4. The van der Waals surface area contributed by atoms with E-state index in [1.165, 1.54) is 12.1 Å². The van der Waals surface area contributed by atoms with Gasteiger partial charge in [0.05, 0.1) is 46.8 Å². The van der Waals surface area contributed by atoms with Crippen LogP contribution in [0.25, 0.3) is 0 Å². The Labute approximate surface area is 277 Å². The number of rotatable bonds is 12. The van der Waals surface area contributed by atoms with E-state index in [4.69, 9.17) is 9.47 Å². The maximum Gasteiger partial charge on any atom is 0.333 e. The Morgan fingerprint density at radius 3 is 1.27 bits per heavy atom. The van der Waals surface area contributed by atoms with Gasteiger partial charge >= 0.3 is 11.9 Å². The van der Waals surface area contributed by atoms with Crippen molar-refractivity contribution in [1.82, 2.24) is 0 Å². The molecule has 0 atom stereocenters. The summed E-state index contributed by atoms with van der Waals surface area (Å²) in [6.07, 6.45) is 0.982. The highest BCUT2D eigenvalue weighted by molar-refractivity contribution is 6.33. The van der Waals surface area contributed by atoms with Crippen LogP contribution < -0.4 is 10.6 Å². The van der Waals surface area contributed by atoms with Crippen molar-refractivity contribution in [2.75, 3.05) is 23.8 Å². The molecule has 48 heavy (non-hydrogen) atoms. The van der Waals surface area contributed by atoms with Crippen LogP contribution >= 0.6 is 0 Å². The molecule has 1 aliphatic rings. The molecule has 0 bridgehead atoms. The van der Waals surface area contributed by atoms with Gasteiger partial charge in [-0.2, -0.15) is 0 Å².